The molecule has 0 spiro atoms. The minimum Gasteiger partial charge on any atom is -0.480 e. The van der Waals surface area contributed by atoms with Crippen LogP contribution in [0.1, 0.15) is 11.1 Å². The van der Waals surface area contributed by atoms with E-state index >= 15 is 0 Å². The molecule has 0 bridgehead atoms. The number of hydrazone groups is 1. The molecule has 132 valence electrons. The molecule has 2 aromatic carbocycles. The third-order valence-corrected chi connectivity index (χ3v) is 3.73. The zero-order valence-electron chi connectivity index (χ0n) is 13.9. The Hall–Kier alpha value is -3.24. The van der Waals surface area contributed by atoms with E-state index in [-0.39, 0.29) is 13.4 Å². The molecule has 2 N–H and O–H groups in total. The van der Waals surface area contributed by atoms with Gasteiger partial charge in [0, 0.05) is 12.1 Å². The van der Waals surface area contributed by atoms with E-state index in [1.807, 2.05) is 42.5 Å². The van der Waals surface area contributed by atoms with Crippen LogP contribution in [0.5, 0.6) is 17.2 Å². The van der Waals surface area contributed by atoms with Crippen molar-refractivity contribution in [3.8, 4) is 29.6 Å². The predicted octanol–water partition coefficient (Wildman–Crippen LogP) is 2.43. The molecule has 1 heterocycles. The van der Waals surface area contributed by atoms with Gasteiger partial charge in [0.05, 0.1) is 6.21 Å². The molecule has 1 aliphatic rings. The Morgan fingerprint density at radius 2 is 2.12 bits per heavy atom. The summed E-state index contributed by atoms with van der Waals surface area (Å²) < 4.78 is 16.1. The van der Waals surface area contributed by atoms with Crippen LogP contribution in [0.2, 0.25) is 0 Å². The number of benzene rings is 2. The molecule has 1 aliphatic heterocycles. The normalized spacial score (nSPS) is 11.8. The molecular formula is C19H17N3O3S. The maximum Gasteiger partial charge on any atom is 0.231 e. The Bertz CT molecular complexity index is 861. The minimum absolute atomic E-state index is 0.202. The molecule has 2 aromatic rings. The van der Waals surface area contributed by atoms with Crippen LogP contribution in [0.25, 0.3) is 0 Å². The summed E-state index contributed by atoms with van der Waals surface area (Å²) in [5.41, 5.74) is 4.60. The van der Waals surface area contributed by atoms with Crippen LogP contribution in [0, 0.1) is 12.3 Å². The van der Waals surface area contributed by atoms with Gasteiger partial charge in [0.2, 0.25) is 6.79 Å². The molecule has 0 saturated carbocycles. The molecule has 3 rings (SSSR count). The summed E-state index contributed by atoms with van der Waals surface area (Å²) >= 11 is 5.22. The van der Waals surface area contributed by atoms with Crippen molar-refractivity contribution in [1.82, 2.24) is 10.7 Å². The summed E-state index contributed by atoms with van der Waals surface area (Å²) in [6, 6.07) is 13.2. The van der Waals surface area contributed by atoms with Gasteiger partial charge in [-0.2, -0.15) is 5.10 Å². The lowest BCUT2D eigenvalue weighted by molar-refractivity contribution is 0.174. The Balaban J connectivity index is 1.50. The second-order valence-electron chi connectivity index (χ2n) is 5.27. The summed E-state index contributed by atoms with van der Waals surface area (Å²) in [4.78, 5) is 0. The lowest BCUT2D eigenvalue weighted by Crippen LogP contribution is -2.31. The van der Waals surface area contributed by atoms with Crippen LogP contribution < -0.4 is 25.0 Å². The van der Waals surface area contributed by atoms with Crippen LogP contribution in [-0.2, 0) is 6.54 Å². The van der Waals surface area contributed by atoms with Gasteiger partial charge < -0.3 is 19.5 Å². The van der Waals surface area contributed by atoms with Crippen LogP contribution in [0.4, 0.5) is 0 Å². The van der Waals surface area contributed by atoms with Gasteiger partial charge in [0.25, 0.3) is 0 Å². The van der Waals surface area contributed by atoms with E-state index in [0.717, 1.165) is 22.6 Å². The lowest BCUT2D eigenvalue weighted by atomic mass is 10.2. The lowest BCUT2D eigenvalue weighted by Gasteiger charge is -2.08. The molecule has 0 aliphatic carbocycles. The van der Waals surface area contributed by atoms with Crippen molar-refractivity contribution in [1.29, 1.82) is 0 Å². The first-order valence-electron chi connectivity index (χ1n) is 7.87. The highest BCUT2D eigenvalue weighted by Gasteiger charge is 2.12. The van der Waals surface area contributed by atoms with E-state index < -0.39 is 0 Å². The Morgan fingerprint density at radius 1 is 1.27 bits per heavy atom. The van der Waals surface area contributed by atoms with Crippen LogP contribution in [-0.4, -0.2) is 24.7 Å². The van der Waals surface area contributed by atoms with Crippen molar-refractivity contribution in [3.05, 3.63) is 53.6 Å². The molecule has 6 nitrogen and oxygen atoms in total. The number of terminal acetylenes is 1. The summed E-state index contributed by atoms with van der Waals surface area (Å²) in [7, 11) is 0. The fourth-order valence-corrected chi connectivity index (χ4v) is 2.40. The van der Waals surface area contributed by atoms with E-state index in [4.69, 9.17) is 32.9 Å². The van der Waals surface area contributed by atoms with E-state index in [0.29, 0.717) is 17.4 Å². The third-order valence-electron chi connectivity index (χ3n) is 3.49. The van der Waals surface area contributed by atoms with Crippen LogP contribution >= 0.6 is 12.2 Å². The number of nitrogens with one attached hydrogen (secondary N) is 2. The predicted molar refractivity (Wildman–Crippen MR) is 104 cm³/mol. The van der Waals surface area contributed by atoms with Crippen LogP contribution in [0.3, 0.4) is 0 Å². The average molecular weight is 367 g/mol. The highest BCUT2D eigenvalue weighted by atomic mass is 32.1. The van der Waals surface area contributed by atoms with Crippen molar-refractivity contribution in [2.45, 2.75) is 6.54 Å². The Kier molecular flexibility index (Phi) is 5.91. The minimum atomic E-state index is 0.202. The summed E-state index contributed by atoms with van der Waals surface area (Å²) in [6.45, 7) is 1.00. The molecule has 0 amide bonds. The number of para-hydroxylation sites is 1. The van der Waals surface area contributed by atoms with Gasteiger partial charge in [-0.05, 0) is 42.0 Å². The first-order chi connectivity index (χ1) is 12.8. The van der Waals surface area contributed by atoms with Gasteiger partial charge in [-0.3, -0.25) is 5.43 Å². The zero-order chi connectivity index (χ0) is 18.2. The molecule has 0 atom stereocenters. The number of rotatable bonds is 6. The van der Waals surface area contributed by atoms with E-state index in [1.54, 1.807) is 6.21 Å². The van der Waals surface area contributed by atoms with Gasteiger partial charge in [0.15, 0.2) is 16.6 Å². The highest BCUT2D eigenvalue weighted by Crippen LogP contribution is 2.32. The van der Waals surface area contributed by atoms with Crippen molar-refractivity contribution in [3.63, 3.8) is 0 Å². The monoisotopic (exact) mass is 367 g/mol. The number of hydrogen-bond acceptors (Lipinski definition) is 5. The van der Waals surface area contributed by atoms with Crippen LogP contribution in [0.15, 0.2) is 47.6 Å². The second kappa shape index (κ2) is 8.74. The molecule has 0 aromatic heterocycles. The molecule has 7 heteroatoms. The van der Waals surface area contributed by atoms with Gasteiger partial charge in [-0.25, -0.2) is 0 Å². The third kappa shape index (κ3) is 4.65. The van der Waals surface area contributed by atoms with Crippen molar-refractivity contribution < 1.29 is 14.2 Å². The maximum atomic E-state index is 5.46. The van der Waals surface area contributed by atoms with Gasteiger partial charge in [-0.1, -0.05) is 24.1 Å². The number of fused-ring (bicyclic) bond motifs is 1. The number of thiocarbonyl (C=S) groups is 1. The largest absolute Gasteiger partial charge is 0.480 e. The van der Waals surface area contributed by atoms with Crippen molar-refractivity contribution in [2.75, 3.05) is 13.4 Å². The van der Waals surface area contributed by atoms with E-state index in [2.05, 4.69) is 21.8 Å². The molecule has 0 fully saturated rings. The molecule has 0 saturated heterocycles. The Labute approximate surface area is 157 Å². The zero-order valence-corrected chi connectivity index (χ0v) is 14.7. The summed E-state index contributed by atoms with van der Waals surface area (Å²) in [5, 5.41) is 7.61. The summed E-state index contributed by atoms with van der Waals surface area (Å²) in [5.74, 6) is 4.59. The average Bonchev–Trinajstić information content (AvgIpc) is 3.13. The molecular weight excluding hydrogens is 350 g/mol. The molecule has 0 radical (unpaired) electrons. The summed E-state index contributed by atoms with van der Waals surface area (Å²) in [6.07, 6.45) is 6.84. The number of ether oxygens (including phenoxy) is 3. The SMILES string of the molecule is C#CCOc1ccccc1/C=N\NC(=S)NCc1ccc2c(c1)OCO2. The van der Waals surface area contributed by atoms with E-state index in [9.17, 15) is 0 Å². The first kappa shape index (κ1) is 17.6. The maximum absolute atomic E-state index is 5.46. The Morgan fingerprint density at radius 3 is 3.00 bits per heavy atom. The van der Waals surface area contributed by atoms with Gasteiger partial charge in [-0.15, -0.1) is 6.42 Å². The van der Waals surface area contributed by atoms with Crippen molar-refractivity contribution in [2.24, 2.45) is 5.10 Å². The van der Waals surface area contributed by atoms with E-state index in [1.165, 1.54) is 0 Å². The highest BCUT2D eigenvalue weighted by molar-refractivity contribution is 7.80. The molecule has 0 unspecified atom stereocenters. The number of hydrogen-bond donors (Lipinski definition) is 2. The van der Waals surface area contributed by atoms with Gasteiger partial charge in [0.1, 0.15) is 12.4 Å². The fourth-order valence-electron chi connectivity index (χ4n) is 2.27. The topological polar surface area (TPSA) is 64.1 Å². The van der Waals surface area contributed by atoms with Crippen molar-refractivity contribution >= 4 is 23.5 Å². The second-order valence-corrected chi connectivity index (χ2v) is 5.68. The fraction of sp³-hybridized carbons (Fsp3) is 0.158. The first-order valence-corrected chi connectivity index (χ1v) is 8.28. The smallest absolute Gasteiger partial charge is 0.231 e. The molecule has 26 heavy (non-hydrogen) atoms. The quantitative estimate of drug-likeness (QED) is 0.354. The van der Waals surface area contributed by atoms with Gasteiger partial charge >= 0.3 is 0 Å². The number of nitrogens with zero attached hydrogens (tertiary/aromatic N) is 1. The standard InChI is InChI=1S/C19H17N3O3S/c1-2-9-23-16-6-4-3-5-15(16)12-21-22-19(26)20-11-14-7-8-17-18(10-14)25-13-24-17/h1,3-8,10,12H,9,11,13H2,(H2,20,22,26)/b21-12-.